The minimum atomic E-state index is 0.593. The summed E-state index contributed by atoms with van der Waals surface area (Å²) in [6.45, 7) is 6.62. The number of hydrogen-bond donors (Lipinski definition) is 0. The Balaban J connectivity index is 2.77. The van der Waals surface area contributed by atoms with Crippen LogP contribution in [0.2, 0.25) is 0 Å². The summed E-state index contributed by atoms with van der Waals surface area (Å²) in [7, 11) is 0. The molecule has 4 nitrogen and oxygen atoms in total. The highest BCUT2D eigenvalue weighted by molar-refractivity contribution is 9.09. The van der Waals surface area contributed by atoms with Gasteiger partial charge in [0.05, 0.1) is 19.0 Å². The fourth-order valence-electron chi connectivity index (χ4n) is 1.42. The molecule has 0 aromatic carbocycles. The van der Waals surface area contributed by atoms with Crippen LogP contribution in [0.1, 0.15) is 20.3 Å². The molecule has 0 N–H and O–H groups in total. The predicted molar refractivity (Wildman–Crippen MR) is 69.5 cm³/mol. The summed E-state index contributed by atoms with van der Waals surface area (Å²) in [5.74, 6) is 1.47. The summed E-state index contributed by atoms with van der Waals surface area (Å²) >= 11 is 3.45. The van der Waals surface area contributed by atoms with E-state index < -0.39 is 0 Å². The monoisotopic (exact) mass is 287 g/mol. The van der Waals surface area contributed by atoms with Gasteiger partial charge >= 0.3 is 0 Å². The molecule has 0 atom stereocenters. The third-order valence-corrected chi connectivity index (χ3v) is 2.42. The summed E-state index contributed by atoms with van der Waals surface area (Å²) in [6, 6.07) is 0. The Hall–Kier alpha value is -0.840. The van der Waals surface area contributed by atoms with Crippen LogP contribution in [0.4, 0.5) is 5.82 Å². The number of nitrogens with zero attached hydrogens (tertiary/aromatic N) is 3. The van der Waals surface area contributed by atoms with Gasteiger partial charge in [0.2, 0.25) is 5.88 Å². The Morgan fingerprint density at radius 2 is 2.12 bits per heavy atom. The van der Waals surface area contributed by atoms with Crippen molar-refractivity contribution in [3.63, 3.8) is 0 Å². The fourth-order valence-corrected chi connectivity index (χ4v) is 1.85. The molecule has 1 aromatic heterocycles. The van der Waals surface area contributed by atoms with Crippen molar-refractivity contribution >= 4 is 21.7 Å². The molecular formula is C11H18BrN3O. The molecule has 90 valence electrons. The Morgan fingerprint density at radius 1 is 1.31 bits per heavy atom. The smallest absolute Gasteiger partial charge is 0.234 e. The normalized spacial score (nSPS) is 10.2. The van der Waals surface area contributed by atoms with Crippen LogP contribution in [0.3, 0.4) is 0 Å². The molecule has 0 aliphatic heterocycles. The summed E-state index contributed by atoms with van der Waals surface area (Å²) in [4.78, 5) is 10.8. The van der Waals surface area contributed by atoms with Gasteiger partial charge < -0.3 is 9.64 Å². The standard InChI is InChI=1S/C11H18BrN3O/c1-3-6-15(7-5-12)10-8-13-9-11(14-10)16-4-2/h8-9H,3-7H2,1-2H3. The first-order chi connectivity index (χ1) is 7.81. The maximum absolute atomic E-state index is 5.34. The van der Waals surface area contributed by atoms with Crippen molar-refractivity contribution in [1.82, 2.24) is 9.97 Å². The molecule has 0 aliphatic rings. The minimum absolute atomic E-state index is 0.593. The second kappa shape index (κ2) is 7.44. The summed E-state index contributed by atoms with van der Waals surface area (Å²) in [6.07, 6.45) is 4.51. The van der Waals surface area contributed by atoms with Gasteiger partial charge in [0, 0.05) is 18.4 Å². The van der Waals surface area contributed by atoms with Crippen LogP contribution in [0.5, 0.6) is 5.88 Å². The van der Waals surface area contributed by atoms with Gasteiger partial charge in [-0.2, -0.15) is 4.98 Å². The molecule has 0 fully saturated rings. The van der Waals surface area contributed by atoms with Crippen molar-refractivity contribution in [2.75, 3.05) is 29.9 Å². The molecule has 0 bridgehead atoms. The first kappa shape index (κ1) is 13.2. The van der Waals surface area contributed by atoms with Crippen LogP contribution < -0.4 is 9.64 Å². The lowest BCUT2D eigenvalue weighted by Crippen LogP contribution is -2.27. The van der Waals surface area contributed by atoms with Gasteiger partial charge in [0.1, 0.15) is 0 Å². The maximum atomic E-state index is 5.34. The molecule has 16 heavy (non-hydrogen) atoms. The Labute approximate surface area is 105 Å². The summed E-state index contributed by atoms with van der Waals surface area (Å²) < 4.78 is 5.34. The Morgan fingerprint density at radius 3 is 2.75 bits per heavy atom. The van der Waals surface area contributed by atoms with Gasteiger partial charge in [-0.25, -0.2) is 0 Å². The molecule has 1 heterocycles. The second-order valence-electron chi connectivity index (χ2n) is 3.32. The first-order valence-corrected chi connectivity index (χ1v) is 6.69. The molecule has 5 heteroatoms. The molecule has 0 saturated carbocycles. The fraction of sp³-hybridized carbons (Fsp3) is 0.636. The van der Waals surface area contributed by atoms with Gasteiger partial charge in [0.15, 0.2) is 5.82 Å². The van der Waals surface area contributed by atoms with Crippen LogP contribution in [-0.4, -0.2) is 35.0 Å². The van der Waals surface area contributed by atoms with Gasteiger partial charge in [-0.15, -0.1) is 0 Å². The third kappa shape index (κ3) is 3.96. The highest BCUT2D eigenvalue weighted by Gasteiger charge is 2.07. The highest BCUT2D eigenvalue weighted by Crippen LogP contribution is 2.14. The third-order valence-electron chi connectivity index (χ3n) is 2.06. The van der Waals surface area contributed by atoms with Crippen LogP contribution in [0.15, 0.2) is 12.4 Å². The van der Waals surface area contributed by atoms with Crippen LogP contribution >= 0.6 is 15.9 Å². The molecular weight excluding hydrogens is 270 g/mol. The number of alkyl halides is 1. The van der Waals surface area contributed by atoms with E-state index in [1.54, 1.807) is 12.4 Å². The summed E-state index contributed by atoms with van der Waals surface area (Å²) in [5.41, 5.74) is 0. The lowest BCUT2D eigenvalue weighted by atomic mass is 10.4. The lowest BCUT2D eigenvalue weighted by Gasteiger charge is -2.21. The van der Waals surface area contributed by atoms with E-state index in [-0.39, 0.29) is 0 Å². The number of rotatable bonds is 7. The average molecular weight is 288 g/mol. The van der Waals surface area contributed by atoms with E-state index in [0.29, 0.717) is 12.5 Å². The average Bonchev–Trinajstić information content (AvgIpc) is 2.30. The highest BCUT2D eigenvalue weighted by atomic mass is 79.9. The zero-order chi connectivity index (χ0) is 11.8. The predicted octanol–water partition coefficient (Wildman–Crippen LogP) is 2.49. The number of halogens is 1. The zero-order valence-corrected chi connectivity index (χ0v) is 11.4. The molecule has 0 saturated heterocycles. The van der Waals surface area contributed by atoms with E-state index in [2.05, 4.69) is 37.7 Å². The van der Waals surface area contributed by atoms with E-state index in [9.17, 15) is 0 Å². The molecule has 1 rings (SSSR count). The molecule has 0 aliphatic carbocycles. The molecule has 0 radical (unpaired) electrons. The van der Waals surface area contributed by atoms with Gasteiger partial charge in [-0.05, 0) is 13.3 Å². The SMILES string of the molecule is CCCN(CCBr)c1cncc(OCC)n1. The Bertz CT molecular complexity index is 303. The van der Waals surface area contributed by atoms with Crippen molar-refractivity contribution in [2.24, 2.45) is 0 Å². The van der Waals surface area contributed by atoms with Crippen LogP contribution in [-0.2, 0) is 0 Å². The van der Waals surface area contributed by atoms with E-state index in [1.807, 2.05) is 6.92 Å². The topological polar surface area (TPSA) is 38.2 Å². The minimum Gasteiger partial charge on any atom is -0.477 e. The summed E-state index contributed by atoms with van der Waals surface area (Å²) in [5, 5.41) is 0.924. The quantitative estimate of drug-likeness (QED) is 0.722. The van der Waals surface area contributed by atoms with Crippen LogP contribution in [0.25, 0.3) is 0 Å². The molecule has 0 amide bonds. The number of aromatic nitrogens is 2. The molecule has 0 spiro atoms. The van der Waals surface area contributed by atoms with Crippen molar-refractivity contribution in [1.29, 1.82) is 0 Å². The largest absolute Gasteiger partial charge is 0.477 e. The van der Waals surface area contributed by atoms with Crippen molar-refractivity contribution in [3.05, 3.63) is 12.4 Å². The second-order valence-corrected chi connectivity index (χ2v) is 4.12. The molecule has 1 aromatic rings. The lowest BCUT2D eigenvalue weighted by molar-refractivity contribution is 0.325. The molecule has 0 unspecified atom stereocenters. The van der Waals surface area contributed by atoms with Crippen molar-refractivity contribution in [2.45, 2.75) is 20.3 Å². The van der Waals surface area contributed by atoms with E-state index >= 15 is 0 Å². The van der Waals surface area contributed by atoms with E-state index in [1.165, 1.54) is 0 Å². The van der Waals surface area contributed by atoms with Gasteiger partial charge in [-0.3, -0.25) is 4.98 Å². The van der Waals surface area contributed by atoms with Crippen LogP contribution in [0, 0.1) is 0 Å². The first-order valence-electron chi connectivity index (χ1n) is 5.57. The van der Waals surface area contributed by atoms with Crippen molar-refractivity contribution < 1.29 is 4.74 Å². The Kier molecular flexibility index (Phi) is 6.15. The zero-order valence-electron chi connectivity index (χ0n) is 9.82. The van der Waals surface area contributed by atoms with Crippen molar-refractivity contribution in [3.8, 4) is 5.88 Å². The number of ether oxygens (including phenoxy) is 1. The van der Waals surface area contributed by atoms with E-state index in [4.69, 9.17) is 4.74 Å². The maximum Gasteiger partial charge on any atom is 0.234 e. The van der Waals surface area contributed by atoms with Gasteiger partial charge in [0.25, 0.3) is 0 Å². The van der Waals surface area contributed by atoms with E-state index in [0.717, 1.165) is 30.7 Å². The number of anilines is 1. The number of hydrogen-bond acceptors (Lipinski definition) is 4. The van der Waals surface area contributed by atoms with Gasteiger partial charge in [-0.1, -0.05) is 22.9 Å².